The largest absolute Gasteiger partial charge is 0.342 e. The lowest BCUT2D eigenvalue weighted by molar-refractivity contribution is -0.131. The van der Waals surface area contributed by atoms with Gasteiger partial charge in [-0.25, -0.2) is 4.39 Å². The highest BCUT2D eigenvalue weighted by molar-refractivity contribution is 5.78. The fourth-order valence-electron chi connectivity index (χ4n) is 4.30. The van der Waals surface area contributed by atoms with Gasteiger partial charge >= 0.3 is 0 Å². The third-order valence-corrected chi connectivity index (χ3v) is 5.88. The molecule has 1 atom stereocenters. The Bertz CT molecular complexity index is 912. The van der Waals surface area contributed by atoms with Crippen LogP contribution in [0.4, 0.5) is 4.39 Å². The zero-order valence-corrected chi connectivity index (χ0v) is 16.7. The van der Waals surface area contributed by atoms with Gasteiger partial charge in [0.15, 0.2) is 0 Å². The van der Waals surface area contributed by atoms with Crippen molar-refractivity contribution in [2.75, 3.05) is 26.2 Å². The fourth-order valence-corrected chi connectivity index (χ4v) is 4.30. The molecule has 2 aliphatic heterocycles. The van der Waals surface area contributed by atoms with Crippen molar-refractivity contribution < 1.29 is 14.0 Å². The number of likely N-dealkylation sites (tertiary alicyclic amines) is 1. The molecule has 0 unspecified atom stereocenters. The van der Waals surface area contributed by atoms with Crippen molar-refractivity contribution in [2.45, 2.75) is 45.1 Å². The number of piperidine rings is 1. The van der Waals surface area contributed by atoms with Crippen LogP contribution >= 0.6 is 0 Å². The van der Waals surface area contributed by atoms with Crippen molar-refractivity contribution >= 4 is 11.8 Å². The van der Waals surface area contributed by atoms with Crippen LogP contribution < -0.4 is 0 Å². The third-order valence-electron chi connectivity index (χ3n) is 5.88. The lowest BCUT2D eigenvalue weighted by Crippen LogP contribution is -2.38. The minimum Gasteiger partial charge on any atom is -0.342 e. The molecule has 3 heterocycles. The Labute approximate surface area is 169 Å². The van der Waals surface area contributed by atoms with E-state index in [0.29, 0.717) is 38.2 Å². The third kappa shape index (κ3) is 4.31. The molecular weight excluding hydrogens is 373 g/mol. The summed E-state index contributed by atoms with van der Waals surface area (Å²) in [5.41, 5.74) is 0.686. The summed E-state index contributed by atoms with van der Waals surface area (Å²) in [6, 6.07) is 6.19. The first kappa shape index (κ1) is 19.5. The Kier molecular flexibility index (Phi) is 5.60. The van der Waals surface area contributed by atoms with Gasteiger partial charge in [-0.2, -0.15) is 0 Å². The summed E-state index contributed by atoms with van der Waals surface area (Å²) in [6.07, 6.45) is 2.79. The molecule has 0 N–H and O–H groups in total. The second kappa shape index (κ2) is 8.31. The van der Waals surface area contributed by atoms with Gasteiger partial charge in [0.05, 0.1) is 6.42 Å². The van der Waals surface area contributed by atoms with E-state index in [9.17, 15) is 14.0 Å². The molecule has 0 radical (unpaired) electrons. The van der Waals surface area contributed by atoms with Crippen LogP contribution in [0.3, 0.4) is 0 Å². The molecule has 154 valence electrons. The molecule has 2 aliphatic rings. The maximum absolute atomic E-state index is 13.4. The summed E-state index contributed by atoms with van der Waals surface area (Å²) in [5, 5.41) is 8.81. The fraction of sp³-hybridized carbons (Fsp3) is 0.524. The second-order valence-corrected chi connectivity index (χ2v) is 7.87. The SMILES string of the molecule is CC(=O)N1CCC[C@H](c2nnc3n2CCN(C(=O)Cc2cccc(F)c2)CC3)C1. The number of hydrogen-bond acceptors (Lipinski definition) is 4. The maximum atomic E-state index is 13.4. The zero-order valence-electron chi connectivity index (χ0n) is 16.7. The normalized spacial score (nSPS) is 19.6. The highest BCUT2D eigenvalue weighted by Crippen LogP contribution is 2.27. The smallest absolute Gasteiger partial charge is 0.227 e. The number of halogens is 1. The lowest BCUT2D eigenvalue weighted by atomic mass is 9.97. The minimum absolute atomic E-state index is 0.00344. The maximum Gasteiger partial charge on any atom is 0.227 e. The average Bonchev–Trinajstić information content (AvgIpc) is 2.99. The monoisotopic (exact) mass is 399 g/mol. The van der Waals surface area contributed by atoms with Crippen LogP contribution in [-0.2, 0) is 29.0 Å². The molecule has 8 heteroatoms. The summed E-state index contributed by atoms with van der Waals surface area (Å²) in [7, 11) is 0. The van der Waals surface area contributed by atoms with Crippen molar-refractivity contribution in [1.29, 1.82) is 0 Å². The molecule has 7 nitrogen and oxygen atoms in total. The van der Waals surface area contributed by atoms with Crippen molar-refractivity contribution in [1.82, 2.24) is 24.6 Å². The molecule has 1 fully saturated rings. The summed E-state index contributed by atoms with van der Waals surface area (Å²) in [6.45, 7) is 4.88. The van der Waals surface area contributed by atoms with Gasteiger partial charge in [0.1, 0.15) is 17.5 Å². The van der Waals surface area contributed by atoms with E-state index < -0.39 is 0 Å². The standard InChI is InChI=1S/C21H26FN5O2/c1-15(28)26-8-3-5-17(14-26)21-24-23-19-7-9-25(10-11-27(19)21)20(29)13-16-4-2-6-18(22)12-16/h2,4,6,12,17H,3,5,7-11,13-14H2,1H3/t17-/m0/s1. The second-order valence-electron chi connectivity index (χ2n) is 7.87. The number of amides is 2. The van der Waals surface area contributed by atoms with Gasteiger partial charge in [0.25, 0.3) is 0 Å². The van der Waals surface area contributed by atoms with E-state index in [0.717, 1.165) is 31.0 Å². The van der Waals surface area contributed by atoms with E-state index >= 15 is 0 Å². The van der Waals surface area contributed by atoms with Crippen LogP contribution in [0.25, 0.3) is 0 Å². The average molecular weight is 399 g/mol. The Morgan fingerprint density at radius 3 is 2.79 bits per heavy atom. The van der Waals surface area contributed by atoms with Crippen molar-refractivity contribution in [3.63, 3.8) is 0 Å². The predicted octanol–water partition coefficient (Wildman–Crippen LogP) is 1.77. The predicted molar refractivity (Wildman–Crippen MR) is 105 cm³/mol. The summed E-state index contributed by atoms with van der Waals surface area (Å²) < 4.78 is 15.5. The summed E-state index contributed by atoms with van der Waals surface area (Å²) in [4.78, 5) is 28.2. The number of carbonyl (C=O) groups excluding carboxylic acids is 2. The number of fused-ring (bicyclic) bond motifs is 1. The molecule has 0 spiro atoms. The first-order valence-electron chi connectivity index (χ1n) is 10.2. The number of rotatable bonds is 3. The number of benzene rings is 1. The molecule has 0 aliphatic carbocycles. The topological polar surface area (TPSA) is 71.3 Å². The van der Waals surface area contributed by atoms with Crippen LogP contribution in [0, 0.1) is 5.82 Å². The lowest BCUT2D eigenvalue weighted by Gasteiger charge is -2.31. The Balaban J connectivity index is 1.43. The molecule has 0 saturated carbocycles. The van der Waals surface area contributed by atoms with Gasteiger partial charge in [-0.15, -0.1) is 10.2 Å². The molecule has 1 saturated heterocycles. The van der Waals surface area contributed by atoms with E-state index in [2.05, 4.69) is 14.8 Å². The zero-order chi connectivity index (χ0) is 20.4. The first-order chi connectivity index (χ1) is 14.0. The highest BCUT2D eigenvalue weighted by atomic mass is 19.1. The van der Waals surface area contributed by atoms with Crippen LogP contribution in [-0.4, -0.2) is 62.6 Å². The van der Waals surface area contributed by atoms with Crippen LogP contribution in [0.15, 0.2) is 24.3 Å². The number of carbonyl (C=O) groups is 2. The number of aromatic nitrogens is 3. The Morgan fingerprint density at radius 1 is 1.14 bits per heavy atom. The molecule has 4 rings (SSSR count). The van der Waals surface area contributed by atoms with Gasteiger partial charge in [-0.1, -0.05) is 12.1 Å². The van der Waals surface area contributed by atoms with Gasteiger partial charge in [-0.3, -0.25) is 9.59 Å². The van der Waals surface area contributed by atoms with E-state index in [4.69, 9.17) is 0 Å². The van der Waals surface area contributed by atoms with E-state index in [1.54, 1.807) is 19.1 Å². The van der Waals surface area contributed by atoms with Gasteiger partial charge in [0, 0.05) is 52.0 Å². The quantitative estimate of drug-likeness (QED) is 0.789. The Morgan fingerprint density at radius 2 is 2.00 bits per heavy atom. The highest BCUT2D eigenvalue weighted by Gasteiger charge is 2.29. The van der Waals surface area contributed by atoms with Gasteiger partial charge < -0.3 is 14.4 Å². The molecule has 1 aromatic carbocycles. The molecule has 0 bridgehead atoms. The van der Waals surface area contributed by atoms with Crippen LogP contribution in [0.5, 0.6) is 0 Å². The van der Waals surface area contributed by atoms with Gasteiger partial charge in [0.2, 0.25) is 11.8 Å². The van der Waals surface area contributed by atoms with E-state index in [1.807, 2.05) is 9.80 Å². The molecule has 2 amide bonds. The molecule has 1 aromatic heterocycles. The van der Waals surface area contributed by atoms with E-state index in [1.165, 1.54) is 12.1 Å². The minimum atomic E-state index is -0.325. The Hall–Kier alpha value is -2.77. The summed E-state index contributed by atoms with van der Waals surface area (Å²) in [5.74, 6) is 1.76. The van der Waals surface area contributed by atoms with Crippen molar-refractivity contribution in [3.8, 4) is 0 Å². The number of hydrogen-bond donors (Lipinski definition) is 0. The summed E-state index contributed by atoms with van der Waals surface area (Å²) >= 11 is 0. The van der Waals surface area contributed by atoms with Crippen molar-refractivity contribution in [2.24, 2.45) is 0 Å². The number of nitrogens with zero attached hydrogens (tertiary/aromatic N) is 5. The van der Waals surface area contributed by atoms with Crippen LogP contribution in [0.1, 0.15) is 42.9 Å². The molecule has 29 heavy (non-hydrogen) atoms. The van der Waals surface area contributed by atoms with Crippen LogP contribution in [0.2, 0.25) is 0 Å². The van der Waals surface area contributed by atoms with E-state index in [-0.39, 0.29) is 30.0 Å². The van der Waals surface area contributed by atoms with Gasteiger partial charge in [-0.05, 0) is 30.5 Å². The molecule has 2 aromatic rings. The first-order valence-corrected chi connectivity index (χ1v) is 10.2. The van der Waals surface area contributed by atoms with Crippen molar-refractivity contribution in [3.05, 3.63) is 47.3 Å². The molecular formula is C21H26FN5O2.